The van der Waals surface area contributed by atoms with Gasteiger partial charge >= 0.3 is 0 Å². The Morgan fingerprint density at radius 2 is 1.76 bits per heavy atom. The molecule has 0 saturated heterocycles. The lowest BCUT2D eigenvalue weighted by molar-refractivity contribution is -0.140. The summed E-state index contributed by atoms with van der Waals surface area (Å²) >= 11 is 6.05. The van der Waals surface area contributed by atoms with E-state index in [2.05, 4.69) is 15.1 Å². The van der Waals surface area contributed by atoms with Gasteiger partial charge in [-0.15, -0.1) is 0 Å². The number of carbonyl (C=O) groups excluding carboxylic acids is 1. The molecule has 2 heterocycles. The number of aromatic amines is 1. The highest BCUT2D eigenvalue weighted by atomic mass is 35.5. The van der Waals surface area contributed by atoms with E-state index < -0.39 is 0 Å². The highest BCUT2D eigenvalue weighted by Crippen LogP contribution is 2.61. The summed E-state index contributed by atoms with van der Waals surface area (Å²) in [6.07, 6.45) is 9.81. The summed E-state index contributed by atoms with van der Waals surface area (Å²) in [4.78, 5) is 15.5. The van der Waals surface area contributed by atoms with E-state index in [4.69, 9.17) is 11.6 Å². The second-order valence-electron chi connectivity index (χ2n) is 10.2. The molecule has 4 aliphatic carbocycles. The van der Waals surface area contributed by atoms with Crippen LogP contribution in [0.15, 0.2) is 24.3 Å². The SMILES string of the molecule is O=C(CC12CC3CC(CC(C3)C1)C2)N1CCc2[nH]nc(-c3ccc(Cl)cc3)c2C1. The average molecular weight is 410 g/mol. The fraction of sp³-hybridized carbons (Fsp3) is 0.583. The first-order valence-electron chi connectivity index (χ1n) is 11.2. The number of nitrogens with zero attached hydrogens (tertiary/aromatic N) is 2. The van der Waals surface area contributed by atoms with Crippen LogP contribution in [0.1, 0.15) is 56.2 Å². The second kappa shape index (κ2) is 6.60. The Morgan fingerprint density at radius 3 is 2.41 bits per heavy atom. The maximum Gasteiger partial charge on any atom is 0.223 e. The number of carbonyl (C=O) groups is 1. The van der Waals surface area contributed by atoms with Crippen LogP contribution in [0.25, 0.3) is 11.3 Å². The number of H-pyrrole nitrogens is 1. The molecule has 0 atom stereocenters. The number of rotatable bonds is 3. The number of nitrogens with one attached hydrogen (secondary N) is 1. The maximum absolute atomic E-state index is 13.4. The maximum atomic E-state index is 13.4. The van der Waals surface area contributed by atoms with Crippen LogP contribution in [-0.4, -0.2) is 27.5 Å². The molecule has 4 nitrogen and oxygen atoms in total. The van der Waals surface area contributed by atoms with E-state index in [-0.39, 0.29) is 0 Å². The first kappa shape index (κ1) is 18.0. The van der Waals surface area contributed by atoms with Crippen molar-refractivity contribution >= 4 is 17.5 Å². The van der Waals surface area contributed by atoms with Crippen molar-refractivity contribution in [1.82, 2.24) is 15.1 Å². The molecular formula is C24H28ClN3O. The fourth-order valence-electron chi connectivity index (χ4n) is 7.29. The third-order valence-corrected chi connectivity index (χ3v) is 8.35. The van der Waals surface area contributed by atoms with Gasteiger partial charge in [-0.25, -0.2) is 0 Å². The van der Waals surface area contributed by atoms with Crippen molar-refractivity contribution in [3.63, 3.8) is 0 Å². The lowest BCUT2D eigenvalue weighted by Gasteiger charge is -2.57. The second-order valence-corrected chi connectivity index (χ2v) is 10.6. The van der Waals surface area contributed by atoms with Crippen LogP contribution in [0.5, 0.6) is 0 Å². The molecule has 0 unspecified atom stereocenters. The fourth-order valence-corrected chi connectivity index (χ4v) is 7.42. The Morgan fingerprint density at radius 1 is 1.10 bits per heavy atom. The van der Waals surface area contributed by atoms with Crippen molar-refractivity contribution in [3.8, 4) is 11.3 Å². The standard InChI is InChI=1S/C24H28ClN3O/c25-19-3-1-18(2-4-19)23-20-14-28(6-5-21(20)26-27-23)22(29)13-24-10-15-7-16(11-24)9-17(8-15)12-24/h1-4,15-17H,5-14H2,(H,26,27). The van der Waals surface area contributed by atoms with Gasteiger partial charge in [-0.3, -0.25) is 9.89 Å². The number of halogens is 1. The molecule has 4 bridgehead atoms. The smallest absolute Gasteiger partial charge is 0.223 e. The van der Waals surface area contributed by atoms with Crippen LogP contribution < -0.4 is 0 Å². The highest BCUT2D eigenvalue weighted by Gasteiger charge is 2.51. The minimum atomic E-state index is 0.307. The van der Waals surface area contributed by atoms with Gasteiger partial charge in [0.15, 0.2) is 0 Å². The van der Waals surface area contributed by atoms with Gasteiger partial charge in [-0.05, 0) is 73.8 Å². The van der Waals surface area contributed by atoms with Gasteiger partial charge in [0.05, 0.1) is 5.69 Å². The molecule has 1 aliphatic heterocycles. The van der Waals surface area contributed by atoms with Crippen molar-refractivity contribution in [2.45, 2.75) is 57.9 Å². The monoisotopic (exact) mass is 409 g/mol. The van der Waals surface area contributed by atoms with Crippen molar-refractivity contribution in [2.75, 3.05) is 6.54 Å². The van der Waals surface area contributed by atoms with Gasteiger partial charge < -0.3 is 4.90 Å². The van der Waals surface area contributed by atoms with Crippen LogP contribution in [0.2, 0.25) is 5.02 Å². The normalized spacial score (nSPS) is 32.4. The number of aromatic nitrogens is 2. The van der Waals surface area contributed by atoms with Crippen LogP contribution in [0.3, 0.4) is 0 Å². The molecule has 5 heteroatoms. The predicted molar refractivity (Wildman–Crippen MR) is 113 cm³/mol. The third-order valence-electron chi connectivity index (χ3n) is 8.10. The zero-order valence-electron chi connectivity index (χ0n) is 16.8. The van der Waals surface area contributed by atoms with Crippen molar-refractivity contribution < 1.29 is 4.79 Å². The van der Waals surface area contributed by atoms with Gasteiger partial charge in [0.25, 0.3) is 0 Å². The lowest BCUT2D eigenvalue weighted by atomic mass is 9.49. The van der Waals surface area contributed by atoms with Gasteiger partial charge in [-0.2, -0.15) is 5.10 Å². The van der Waals surface area contributed by atoms with Gasteiger partial charge in [0.2, 0.25) is 5.91 Å². The van der Waals surface area contributed by atoms with E-state index in [9.17, 15) is 4.79 Å². The van der Waals surface area contributed by atoms with E-state index >= 15 is 0 Å². The van der Waals surface area contributed by atoms with E-state index in [0.717, 1.165) is 53.4 Å². The van der Waals surface area contributed by atoms with Crippen molar-refractivity contribution in [2.24, 2.45) is 23.2 Å². The van der Waals surface area contributed by atoms with Crippen LogP contribution in [-0.2, 0) is 17.8 Å². The molecule has 0 spiro atoms. The molecule has 7 rings (SSSR count). The Bertz CT molecular complexity index is 912. The predicted octanol–water partition coefficient (Wildman–Crippen LogP) is 5.22. The van der Waals surface area contributed by atoms with Crippen molar-refractivity contribution in [1.29, 1.82) is 0 Å². The molecule has 1 N–H and O–H groups in total. The molecule has 0 radical (unpaired) electrons. The first-order chi connectivity index (χ1) is 14.1. The molecule has 1 aromatic heterocycles. The Hall–Kier alpha value is -1.81. The minimum absolute atomic E-state index is 0.307. The summed E-state index contributed by atoms with van der Waals surface area (Å²) in [6, 6.07) is 7.82. The number of fused-ring (bicyclic) bond motifs is 1. The van der Waals surface area contributed by atoms with Gasteiger partial charge in [0.1, 0.15) is 0 Å². The molecule has 1 amide bonds. The van der Waals surface area contributed by atoms with E-state index in [1.165, 1.54) is 49.8 Å². The van der Waals surface area contributed by atoms with Gasteiger partial charge in [0, 0.05) is 47.8 Å². The van der Waals surface area contributed by atoms with Crippen molar-refractivity contribution in [3.05, 3.63) is 40.5 Å². The molecule has 5 aliphatic rings. The van der Waals surface area contributed by atoms with Crippen LogP contribution in [0, 0.1) is 23.2 Å². The molecule has 1 aromatic carbocycles. The number of amides is 1. The average Bonchev–Trinajstić information content (AvgIpc) is 3.10. The third kappa shape index (κ3) is 3.11. The largest absolute Gasteiger partial charge is 0.338 e. The molecule has 4 fully saturated rings. The van der Waals surface area contributed by atoms with Crippen LogP contribution >= 0.6 is 11.6 Å². The quantitative estimate of drug-likeness (QED) is 0.755. The summed E-state index contributed by atoms with van der Waals surface area (Å²) in [6.45, 7) is 1.48. The molecule has 2 aromatic rings. The minimum Gasteiger partial charge on any atom is -0.338 e. The summed E-state index contributed by atoms with van der Waals surface area (Å²) in [5, 5.41) is 8.50. The molecule has 152 valence electrons. The summed E-state index contributed by atoms with van der Waals surface area (Å²) < 4.78 is 0. The molecule has 4 saturated carbocycles. The molecular weight excluding hydrogens is 382 g/mol. The number of hydrogen-bond acceptors (Lipinski definition) is 2. The molecule has 29 heavy (non-hydrogen) atoms. The zero-order valence-corrected chi connectivity index (χ0v) is 17.5. The number of benzene rings is 1. The zero-order chi connectivity index (χ0) is 19.6. The summed E-state index contributed by atoms with van der Waals surface area (Å²) in [5.41, 5.74) is 4.68. The summed E-state index contributed by atoms with van der Waals surface area (Å²) in [5.74, 6) is 3.05. The Labute approximate surface area is 177 Å². The highest BCUT2D eigenvalue weighted by molar-refractivity contribution is 6.30. The van der Waals surface area contributed by atoms with Gasteiger partial charge in [-0.1, -0.05) is 23.7 Å². The lowest BCUT2D eigenvalue weighted by Crippen LogP contribution is -2.48. The van der Waals surface area contributed by atoms with E-state index in [1.54, 1.807) is 0 Å². The number of hydrogen-bond donors (Lipinski definition) is 1. The van der Waals surface area contributed by atoms with Crippen LogP contribution in [0.4, 0.5) is 0 Å². The topological polar surface area (TPSA) is 49.0 Å². The van der Waals surface area contributed by atoms with E-state index in [1.807, 2.05) is 24.3 Å². The Balaban J connectivity index is 1.21. The Kier molecular flexibility index (Phi) is 4.09. The first-order valence-corrected chi connectivity index (χ1v) is 11.5. The van der Waals surface area contributed by atoms with E-state index in [0.29, 0.717) is 17.9 Å². The summed E-state index contributed by atoms with van der Waals surface area (Å²) in [7, 11) is 0.